The van der Waals surface area contributed by atoms with Gasteiger partial charge in [-0.1, -0.05) is 41.9 Å². The molecule has 19 heavy (non-hydrogen) atoms. The standard InChI is InChI=1S/C16H14ClNO/c1-11(19)18-8-7-13-9-14(17)10-15(16(13)18)12-5-3-2-4-6-12/h2-6,9-10H,7-8H2,1H3. The quantitative estimate of drug-likeness (QED) is 0.770. The molecule has 0 fully saturated rings. The van der Waals surface area contributed by atoms with Gasteiger partial charge in [0.2, 0.25) is 5.91 Å². The van der Waals surface area contributed by atoms with Gasteiger partial charge in [0.1, 0.15) is 0 Å². The Morgan fingerprint density at radius 1 is 1.21 bits per heavy atom. The maximum Gasteiger partial charge on any atom is 0.223 e. The zero-order valence-electron chi connectivity index (χ0n) is 10.7. The number of carbonyl (C=O) groups is 1. The van der Waals surface area contributed by atoms with Crippen LogP contribution in [0.5, 0.6) is 0 Å². The van der Waals surface area contributed by atoms with Gasteiger partial charge in [-0.25, -0.2) is 0 Å². The predicted octanol–water partition coefficient (Wildman–Crippen LogP) is 3.92. The molecule has 0 aliphatic carbocycles. The topological polar surface area (TPSA) is 20.3 Å². The largest absolute Gasteiger partial charge is 0.311 e. The van der Waals surface area contributed by atoms with Crippen LogP contribution >= 0.6 is 11.6 Å². The van der Waals surface area contributed by atoms with Crippen LogP contribution in [0.15, 0.2) is 42.5 Å². The second-order valence-electron chi connectivity index (χ2n) is 4.75. The summed E-state index contributed by atoms with van der Waals surface area (Å²) >= 11 is 6.20. The lowest BCUT2D eigenvalue weighted by Crippen LogP contribution is -2.26. The van der Waals surface area contributed by atoms with Gasteiger partial charge in [0.15, 0.2) is 0 Å². The summed E-state index contributed by atoms with van der Waals surface area (Å²) < 4.78 is 0. The lowest BCUT2D eigenvalue weighted by molar-refractivity contribution is -0.116. The van der Waals surface area contributed by atoms with Crippen molar-refractivity contribution in [2.75, 3.05) is 11.4 Å². The van der Waals surface area contributed by atoms with Crippen molar-refractivity contribution in [3.8, 4) is 11.1 Å². The molecular weight excluding hydrogens is 258 g/mol. The number of carbonyl (C=O) groups excluding carboxylic acids is 1. The van der Waals surface area contributed by atoms with E-state index in [-0.39, 0.29) is 5.91 Å². The first-order valence-electron chi connectivity index (χ1n) is 6.33. The molecule has 0 radical (unpaired) electrons. The first-order chi connectivity index (χ1) is 9.16. The van der Waals surface area contributed by atoms with E-state index >= 15 is 0 Å². The van der Waals surface area contributed by atoms with Crippen molar-refractivity contribution in [1.82, 2.24) is 0 Å². The highest BCUT2D eigenvalue weighted by atomic mass is 35.5. The van der Waals surface area contributed by atoms with Crippen molar-refractivity contribution in [2.45, 2.75) is 13.3 Å². The summed E-state index contributed by atoms with van der Waals surface area (Å²) in [5.74, 6) is 0.0817. The average Bonchev–Trinajstić information content (AvgIpc) is 2.82. The molecule has 0 aromatic heterocycles. The Morgan fingerprint density at radius 2 is 1.95 bits per heavy atom. The number of rotatable bonds is 1. The van der Waals surface area contributed by atoms with Gasteiger partial charge in [-0.05, 0) is 29.7 Å². The maximum absolute atomic E-state index is 11.8. The Labute approximate surface area is 117 Å². The highest BCUT2D eigenvalue weighted by Gasteiger charge is 2.26. The third-order valence-corrected chi connectivity index (χ3v) is 3.71. The Bertz CT molecular complexity index is 637. The fourth-order valence-electron chi connectivity index (χ4n) is 2.66. The van der Waals surface area contributed by atoms with E-state index in [4.69, 9.17) is 11.6 Å². The minimum absolute atomic E-state index is 0.0817. The van der Waals surface area contributed by atoms with E-state index in [2.05, 4.69) is 0 Å². The van der Waals surface area contributed by atoms with Crippen molar-refractivity contribution >= 4 is 23.2 Å². The molecule has 2 nitrogen and oxygen atoms in total. The van der Waals surface area contributed by atoms with Crippen LogP contribution in [0.25, 0.3) is 11.1 Å². The second kappa shape index (κ2) is 4.71. The van der Waals surface area contributed by atoms with Gasteiger partial charge in [0.05, 0.1) is 5.69 Å². The van der Waals surface area contributed by atoms with E-state index < -0.39 is 0 Å². The average molecular weight is 272 g/mol. The Balaban J connectivity index is 2.23. The van der Waals surface area contributed by atoms with E-state index in [9.17, 15) is 4.79 Å². The Morgan fingerprint density at radius 3 is 2.63 bits per heavy atom. The molecule has 2 aromatic rings. The first kappa shape index (κ1) is 12.2. The minimum Gasteiger partial charge on any atom is -0.311 e. The number of amides is 1. The molecule has 96 valence electrons. The molecule has 0 bridgehead atoms. The van der Waals surface area contributed by atoms with Crippen molar-refractivity contribution in [3.63, 3.8) is 0 Å². The maximum atomic E-state index is 11.8. The summed E-state index contributed by atoms with van der Waals surface area (Å²) in [4.78, 5) is 13.6. The van der Waals surface area contributed by atoms with E-state index in [0.717, 1.165) is 40.4 Å². The zero-order valence-corrected chi connectivity index (χ0v) is 11.4. The Hall–Kier alpha value is -1.80. The lowest BCUT2D eigenvalue weighted by atomic mass is 10.0. The van der Waals surface area contributed by atoms with Crippen LogP contribution in [0.1, 0.15) is 12.5 Å². The predicted molar refractivity (Wildman–Crippen MR) is 78.6 cm³/mol. The fourth-order valence-corrected chi connectivity index (χ4v) is 2.90. The molecule has 3 heteroatoms. The molecule has 0 atom stereocenters. The van der Waals surface area contributed by atoms with Crippen molar-refractivity contribution < 1.29 is 4.79 Å². The smallest absolute Gasteiger partial charge is 0.223 e. The third-order valence-electron chi connectivity index (χ3n) is 3.49. The van der Waals surface area contributed by atoms with Gasteiger partial charge in [-0.2, -0.15) is 0 Å². The molecule has 0 saturated heterocycles. The SMILES string of the molecule is CC(=O)N1CCc2cc(Cl)cc(-c3ccccc3)c21. The number of hydrogen-bond acceptors (Lipinski definition) is 1. The van der Waals surface area contributed by atoms with Gasteiger partial charge in [0, 0.05) is 24.1 Å². The van der Waals surface area contributed by atoms with Crippen LogP contribution in [-0.2, 0) is 11.2 Å². The summed E-state index contributed by atoms with van der Waals surface area (Å²) in [7, 11) is 0. The molecule has 0 unspecified atom stereocenters. The van der Waals surface area contributed by atoms with Crippen LogP contribution in [-0.4, -0.2) is 12.5 Å². The highest BCUT2D eigenvalue weighted by Crippen LogP contribution is 2.40. The van der Waals surface area contributed by atoms with E-state index in [1.54, 1.807) is 6.92 Å². The molecule has 1 aliphatic heterocycles. The number of fused-ring (bicyclic) bond motifs is 1. The summed E-state index contributed by atoms with van der Waals surface area (Å²) in [6.45, 7) is 2.35. The molecule has 0 spiro atoms. The van der Waals surface area contributed by atoms with E-state index in [0.29, 0.717) is 0 Å². The number of hydrogen-bond donors (Lipinski definition) is 0. The number of halogens is 1. The molecular formula is C16H14ClNO. The van der Waals surface area contributed by atoms with Crippen molar-refractivity contribution in [3.05, 3.63) is 53.1 Å². The van der Waals surface area contributed by atoms with Gasteiger partial charge in [0.25, 0.3) is 0 Å². The molecule has 1 heterocycles. The van der Waals surface area contributed by atoms with Crippen LogP contribution < -0.4 is 4.90 Å². The first-order valence-corrected chi connectivity index (χ1v) is 6.70. The van der Waals surface area contributed by atoms with Crippen molar-refractivity contribution in [2.24, 2.45) is 0 Å². The third kappa shape index (κ3) is 2.13. The minimum atomic E-state index is 0.0817. The lowest BCUT2D eigenvalue weighted by Gasteiger charge is -2.19. The number of nitrogens with zero attached hydrogens (tertiary/aromatic N) is 1. The Kier molecular flexibility index (Phi) is 3.03. The van der Waals surface area contributed by atoms with Crippen molar-refractivity contribution in [1.29, 1.82) is 0 Å². The zero-order chi connectivity index (χ0) is 13.4. The summed E-state index contributed by atoms with van der Waals surface area (Å²) in [6.07, 6.45) is 0.870. The van der Waals surface area contributed by atoms with Crippen LogP contribution in [0.2, 0.25) is 5.02 Å². The van der Waals surface area contributed by atoms with Gasteiger partial charge < -0.3 is 4.90 Å². The molecule has 0 N–H and O–H groups in total. The molecule has 1 amide bonds. The van der Waals surface area contributed by atoms with Gasteiger partial charge in [-0.3, -0.25) is 4.79 Å². The molecule has 1 aliphatic rings. The second-order valence-corrected chi connectivity index (χ2v) is 5.18. The van der Waals surface area contributed by atoms with Gasteiger partial charge >= 0.3 is 0 Å². The van der Waals surface area contributed by atoms with Crippen LogP contribution in [0.4, 0.5) is 5.69 Å². The fraction of sp³-hybridized carbons (Fsp3) is 0.188. The number of benzene rings is 2. The summed E-state index contributed by atoms with van der Waals surface area (Å²) in [5.41, 5.74) is 4.30. The van der Waals surface area contributed by atoms with Crippen LogP contribution in [0.3, 0.4) is 0 Å². The van der Waals surface area contributed by atoms with E-state index in [1.807, 2.05) is 47.4 Å². The van der Waals surface area contributed by atoms with E-state index in [1.165, 1.54) is 0 Å². The van der Waals surface area contributed by atoms with Gasteiger partial charge in [-0.15, -0.1) is 0 Å². The number of anilines is 1. The monoisotopic (exact) mass is 271 g/mol. The normalized spacial score (nSPS) is 13.5. The summed E-state index contributed by atoms with van der Waals surface area (Å²) in [6, 6.07) is 14.0. The summed E-state index contributed by atoms with van der Waals surface area (Å²) in [5, 5.41) is 0.725. The molecule has 2 aromatic carbocycles. The van der Waals surface area contributed by atoms with Crippen LogP contribution in [0, 0.1) is 0 Å². The molecule has 0 saturated carbocycles. The molecule has 3 rings (SSSR count). The highest BCUT2D eigenvalue weighted by molar-refractivity contribution is 6.31.